The van der Waals surface area contributed by atoms with Crippen LogP contribution in [0, 0.1) is 0 Å². The Hall–Kier alpha value is -2.72. The van der Waals surface area contributed by atoms with Gasteiger partial charge in [-0.05, 0) is 23.8 Å². The molecular formula is C20H15BrN2O. The Morgan fingerprint density at radius 3 is 2.46 bits per heavy atom. The van der Waals surface area contributed by atoms with Gasteiger partial charge in [0.1, 0.15) is 0 Å². The summed E-state index contributed by atoms with van der Waals surface area (Å²) in [5.41, 5.74) is 2.26. The van der Waals surface area contributed by atoms with Gasteiger partial charge < -0.3 is 4.57 Å². The van der Waals surface area contributed by atoms with Gasteiger partial charge >= 0.3 is 0 Å². The predicted molar refractivity (Wildman–Crippen MR) is 100 cm³/mol. The zero-order valence-electron chi connectivity index (χ0n) is 12.8. The number of imidazole rings is 1. The summed E-state index contributed by atoms with van der Waals surface area (Å²) in [5.74, 6) is -0.0472. The molecule has 0 spiro atoms. The molecule has 1 aromatic heterocycles. The third kappa shape index (κ3) is 3.97. The molecule has 1 heterocycles. The van der Waals surface area contributed by atoms with Crippen LogP contribution in [0.1, 0.15) is 15.9 Å². The first-order chi connectivity index (χ1) is 11.7. The lowest BCUT2D eigenvalue weighted by Crippen LogP contribution is -2.07. The van der Waals surface area contributed by atoms with Crippen molar-refractivity contribution >= 4 is 33.5 Å². The molecule has 3 nitrogen and oxygen atoms in total. The maximum atomic E-state index is 12.8. The van der Waals surface area contributed by atoms with Gasteiger partial charge in [0, 0.05) is 22.4 Å². The van der Waals surface area contributed by atoms with Gasteiger partial charge in [0.25, 0.3) is 0 Å². The van der Waals surface area contributed by atoms with Gasteiger partial charge in [-0.3, -0.25) is 4.79 Å². The number of halogens is 1. The number of Topliss-reactive ketones (excluding diaryl/α,β-unsaturated/α-hetero) is 1. The summed E-state index contributed by atoms with van der Waals surface area (Å²) >= 11 is 3.42. The summed E-state index contributed by atoms with van der Waals surface area (Å²) in [4.78, 5) is 16.8. The van der Waals surface area contributed by atoms with E-state index in [0.29, 0.717) is 11.3 Å². The highest BCUT2D eigenvalue weighted by Crippen LogP contribution is 2.15. The van der Waals surface area contributed by atoms with Crippen molar-refractivity contribution in [2.75, 3.05) is 0 Å². The molecule has 0 saturated heterocycles. The minimum Gasteiger partial charge on any atom is -0.303 e. The first kappa shape index (κ1) is 16.1. The zero-order chi connectivity index (χ0) is 16.8. The summed E-state index contributed by atoms with van der Waals surface area (Å²) in [6.07, 6.45) is 10.7. The quantitative estimate of drug-likeness (QED) is 0.352. The Bertz CT molecular complexity index is 864. The van der Waals surface area contributed by atoms with Crippen LogP contribution in [-0.2, 0) is 0 Å². The first-order valence-electron chi connectivity index (χ1n) is 7.46. The van der Waals surface area contributed by atoms with Crippen LogP contribution in [0.2, 0.25) is 0 Å². The van der Waals surface area contributed by atoms with E-state index in [0.717, 1.165) is 10.0 Å². The highest BCUT2D eigenvalue weighted by Gasteiger charge is 2.12. The molecule has 0 bridgehead atoms. The number of hydrogen-bond donors (Lipinski definition) is 0. The number of allylic oxidation sites excluding steroid dienone is 3. The molecule has 0 aliphatic rings. The Morgan fingerprint density at radius 1 is 1.04 bits per heavy atom. The summed E-state index contributed by atoms with van der Waals surface area (Å²) in [6.45, 7) is 0. The van der Waals surface area contributed by atoms with Crippen LogP contribution in [0.25, 0.3) is 11.8 Å². The average Bonchev–Trinajstić information content (AvgIpc) is 3.15. The first-order valence-corrected chi connectivity index (χ1v) is 8.25. The normalized spacial score (nSPS) is 11.8. The second kappa shape index (κ2) is 7.70. The molecule has 0 aliphatic heterocycles. The smallest absolute Gasteiger partial charge is 0.209 e. The molecule has 0 aliphatic carbocycles. The van der Waals surface area contributed by atoms with E-state index in [1.54, 1.807) is 29.4 Å². The van der Waals surface area contributed by atoms with Crippen molar-refractivity contribution in [1.29, 1.82) is 0 Å². The van der Waals surface area contributed by atoms with E-state index < -0.39 is 0 Å². The van der Waals surface area contributed by atoms with E-state index in [1.807, 2.05) is 66.7 Å². The summed E-state index contributed by atoms with van der Waals surface area (Å²) in [6, 6.07) is 17.2. The lowest BCUT2D eigenvalue weighted by molar-refractivity contribution is 0.105. The van der Waals surface area contributed by atoms with E-state index in [-0.39, 0.29) is 5.78 Å². The molecule has 24 heavy (non-hydrogen) atoms. The fourth-order valence-corrected chi connectivity index (χ4v) is 2.51. The average molecular weight is 379 g/mol. The van der Waals surface area contributed by atoms with Crippen LogP contribution in [0.5, 0.6) is 0 Å². The number of rotatable bonds is 5. The molecule has 0 unspecified atom stereocenters. The number of carbonyl (C=O) groups excluding carboxylic acids is 1. The summed E-state index contributed by atoms with van der Waals surface area (Å²) in [5, 5.41) is 0. The number of hydrogen-bond acceptors (Lipinski definition) is 2. The van der Waals surface area contributed by atoms with E-state index in [4.69, 9.17) is 0 Å². The molecule has 0 atom stereocenters. The maximum absolute atomic E-state index is 12.8. The number of aromatic nitrogens is 2. The minimum absolute atomic E-state index is 0.0472. The molecule has 3 rings (SSSR count). The van der Waals surface area contributed by atoms with Crippen LogP contribution in [-0.4, -0.2) is 15.3 Å². The molecule has 3 aromatic rings. The molecular weight excluding hydrogens is 364 g/mol. The molecule has 4 heteroatoms. The third-order valence-electron chi connectivity index (χ3n) is 3.46. The van der Waals surface area contributed by atoms with Gasteiger partial charge in [0.05, 0.1) is 12.0 Å². The van der Waals surface area contributed by atoms with E-state index in [1.165, 1.54) is 0 Å². The van der Waals surface area contributed by atoms with E-state index in [9.17, 15) is 4.79 Å². The van der Waals surface area contributed by atoms with Gasteiger partial charge in [0.2, 0.25) is 5.78 Å². The van der Waals surface area contributed by atoms with Crippen molar-refractivity contribution < 1.29 is 4.79 Å². The van der Waals surface area contributed by atoms with Gasteiger partial charge in [-0.2, -0.15) is 0 Å². The van der Waals surface area contributed by atoms with E-state index in [2.05, 4.69) is 20.9 Å². The van der Waals surface area contributed by atoms with Crippen molar-refractivity contribution in [3.8, 4) is 0 Å². The van der Waals surface area contributed by atoms with Crippen molar-refractivity contribution in [2.24, 2.45) is 0 Å². The minimum atomic E-state index is -0.0472. The van der Waals surface area contributed by atoms with Crippen LogP contribution >= 0.6 is 15.9 Å². The maximum Gasteiger partial charge on any atom is 0.209 e. The van der Waals surface area contributed by atoms with Crippen molar-refractivity contribution in [3.05, 3.63) is 101 Å². The molecule has 0 fully saturated rings. The second-order valence-electron chi connectivity index (χ2n) is 5.13. The molecule has 2 aromatic carbocycles. The van der Waals surface area contributed by atoms with Crippen LogP contribution in [0.3, 0.4) is 0 Å². The van der Waals surface area contributed by atoms with Crippen molar-refractivity contribution in [3.63, 3.8) is 0 Å². The van der Waals surface area contributed by atoms with Gasteiger partial charge in [-0.25, -0.2) is 4.98 Å². The largest absolute Gasteiger partial charge is 0.303 e. The molecule has 0 amide bonds. The lowest BCUT2D eigenvalue weighted by Gasteiger charge is -2.06. The monoisotopic (exact) mass is 378 g/mol. The van der Waals surface area contributed by atoms with Crippen molar-refractivity contribution in [2.45, 2.75) is 0 Å². The Labute approximate surface area is 149 Å². The fraction of sp³-hybridized carbons (Fsp3) is 0. The predicted octanol–water partition coefficient (Wildman–Crippen LogP) is 5.08. The van der Waals surface area contributed by atoms with Gasteiger partial charge in [-0.15, -0.1) is 0 Å². The highest BCUT2D eigenvalue weighted by molar-refractivity contribution is 9.10. The lowest BCUT2D eigenvalue weighted by atomic mass is 10.1. The Balaban J connectivity index is 1.90. The van der Waals surface area contributed by atoms with Gasteiger partial charge in [0.15, 0.2) is 0 Å². The number of carbonyl (C=O) groups is 1. The topological polar surface area (TPSA) is 34.9 Å². The second-order valence-corrected chi connectivity index (χ2v) is 6.04. The van der Waals surface area contributed by atoms with Crippen LogP contribution in [0.15, 0.2) is 89.9 Å². The molecule has 118 valence electrons. The van der Waals surface area contributed by atoms with Crippen molar-refractivity contribution in [1.82, 2.24) is 9.55 Å². The highest BCUT2D eigenvalue weighted by atomic mass is 79.9. The number of benzene rings is 2. The fourth-order valence-electron chi connectivity index (χ4n) is 2.24. The standard InChI is InChI=1S/C20H15BrN2O/c21-18-11-9-16(10-12-18)5-4-8-19(23-14-13-22-15-23)20(24)17-6-2-1-3-7-17/h1-15H/b5-4+,19-8-. The van der Waals surface area contributed by atoms with Crippen LogP contribution < -0.4 is 0 Å². The SMILES string of the molecule is O=C(/C(=C/C=C/c1ccc(Br)cc1)n1ccnc1)c1ccccc1. The zero-order valence-corrected chi connectivity index (χ0v) is 14.4. The molecule has 0 N–H and O–H groups in total. The van der Waals surface area contributed by atoms with Crippen LogP contribution in [0.4, 0.5) is 0 Å². The Kier molecular flexibility index (Phi) is 5.18. The van der Waals surface area contributed by atoms with E-state index >= 15 is 0 Å². The molecule has 0 saturated carbocycles. The van der Waals surface area contributed by atoms with Gasteiger partial charge in [-0.1, -0.05) is 70.5 Å². The third-order valence-corrected chi connectivity index (χ3v) is 3.99. The molecule has 0 radical (unpaired) electrons. The number of ketones is 1. The Morgan fingerprint density at radius 2 is 1.79 bits per heavy atom. The summed E-state index contributed by atoms with van der Waals surface area (Å²) < 4.78 is 2.76. The summed E-state index contributed by atoms with van der Waals surface area (Å²) in [7, 11) is 0. The number of nitrogens with zero attached hydrogens (tertiary/aromatic N) is 2.